The maximum Gasteiger partial charge on any atom is 0.0390 e. The van der Waals surface area contributed by atoms with E-state index in [1.807, 2.05) is 12.1 Å². The molecule has 0 atom stereocenters. The minimum Gasteiger partial charge on any atom is -0.399 e. The molecular weight excluding hydrogens is 222 g/mol. The third-order valence-electron chi connectivity index (χ3n) is 4.16. The number of likely N-dealkylation sites (tertiary alicyclic amines) is 1. The number of piperidine rings is 1. The first-order valence-corrected chi connectivity index (χ1v) is 6.77. The van der Waals surface area contributed by atoms with E-state index in [9.17, 15) is 0 Å². The van der Waals surface area contributed by atoms with Crippen molar-refractivity contribution in [3.05, 3.63) is 23.8 Å². The number of nitrogens with one attached hydrogen (secondary N) is 1. The van der Waals surface area contributed by atoms with E-state index in [1.54, 1.807) is 0 Å². The number of nitrogens with two attached hydrogens (primary N) is 1. The van der Waals surface area contributed by atoms with Gasteiger partial charge in [-0.1, -0.05) is 13.0 Å². The van der Waals surface area contributed by atoms with Crippen molar-refractivity contribution >= 4 is 11.4 Å². The van der Waals surface area contributed by atoms with Crippen molar-refractivity contribution in [3.8, 4) is 0 Å². The zero-order valence-corrected chi connectivity index (χ0v) is 11.8. The molecule has 3 heteroatoms. The Labute approximate surface area is 110 Å². The molecule has 0 saturated carbocycles. The fourth-order valence-electron chi connectivity index (χ4n) is 2.47. The molecule has 100 valence electrons. The molecule has 1 saturated heterocycles. The second-order valence-electron chi connectivity index (χ2n) is 6.04. The number of benzene rings is 1. The van der Waals surface area contributed by atoms with Crippen LogP contribution in [0.15, 0.2) is 18.2 Å². The first kappa shape index (κ1) is 13.2. The van der Waals surface area contributed by atoms with Gasteiger partial charge in [-0.25, -0.2) is 0 Å². The summed E-state index contributed by atoms with van der Waals surface area (Å²) in [4.78, 5) is 2.41. The molecule has 0 aliphatic carbocycles. The Kier molecular flexibility index (Phi) is 3.81. The summed E-state index contributed by atoms with van der Waals surface area (Å²) in [5.74, 6) is 0. The van der Waals surface area contributed by atoms with Gasteiger partial charge in [-0.3, -0.25) is 0 Å². The molecule has 0 amide bonds. The predicted octanol–water partition coefficient (Wildman–Crippen LogP) is 2.72. The Morgan fingerprint density at radius 1 is 1.33 bits per heavy atom. The number of aryl methyl sites for hydroxylation is 1. The molecule has 3 N–H and O–H groups in total. The molecule has 1 heterocycles. The lowest BCUT2D eigenvalue weighted by atomic mass is 9.80. The standard InChI is InChI=1S/C15H25N3/c1-12-4-5-13(16)10-14(12)17-11-15(2)6-8-18(3)9-7-15/h4-5,10,17H,6-9,11,16H2,1-3H3. The van der Waals surface area contributed by atoms with Crippen molar-refractivity contribution in [2.75, 3.05) is 37.7 Å². The number of hydrogen-bond acceptors (Lipinski definition) is 3. The lowest BCUT2D eigenvalue weighted by molar-refractivity contribution is 0.150. The molecule has 2 rings (SSSR count). The quantitative estimate of drug-likeness (QED) is 0.807. The zero-order chi connectivity index (χ0) is 13.2. The smallest absolute Gasteiger partial charge is 0.0390 e. The third-order valence-corrected chi connectivity index (χ3v) is 4.16. The van der Waals surface area contributed by atoms with E-state index in [-0.39, 0.29) is 0 Å². The van der Waals surface area contributed by atoms with Gasteiger partial charge in [0.05, 0.1) is 0 Å². The van der Waals surface area contributed by atoms with Crippen LogP contribution in [0.3, 0.4) is 0 Å². The summed E-state index contributed by atoms with van der Waals surface area (Å²) in [5, 5.41) is 3.58. The van der Waals surface area contributed by atoms with E-state index < -0.39 is 0 Å². The van der Waals surface area contributed by atoms with E-state index in [1.165, 1.54) is 37.2 Å². The predicted molar refractivity (Wildman–Crippen MR) is 78.9 cm³/mol. The summed E-state index contributed by atoms with van der Waals surface area (Å²) >= 11 is 0. The van der Waals surface area contributed by atoms with E-state index in [0.717, 1.165) is 12.2 Å². The molecule has 18 heavy (non-hydrogen) atoms. The normalized spacial score (nSPS) is 19.7. The van der Waals surface area contributed by atoms with Crippen molar-refractivity contribution in [2.24, 2.45) is 5.41 Å². The van der Waals surface area contributed by atoms with Gasteiger partial charge in [0.2, 0.25) is 0 Å². The molecule has 1 aliphatic rings. The summed E-state index contributed by atoms with van der Waals surface area (Å²) in [6, 6.07) is 6.07. The Bertz CT molecular complexity index is 406. The fraction of sp³-hybridized carbons (Fsp3) is 0.600. The average molecular weight is 247 g/mol. The average Bonchev–Trinajstić information content (AvgIpc) is 2.35. The molecule has 0 aromatic heterocycles. The van der Waals surface area contributed by atoms with E-state index >= 15 is 0 Å². The van der Waals surface area contributed by atoms with Gasteiger partial charge in [0, 0.05) is 17.9 Å². The van der Waals surface area contributed by atoms with Crippen LogP contribution in [0, 0.1) is 12.3 Å². The highest BCUT2D eigenvalue weighted by molar-refractivity contribution is 5.59. The number of nitrogen functional groups attached to an aromatic ring is 1. The zero-order valence-electron chi connectivity index (χ0n) is 11.8. The summed E-state index contributed by atoms with van der Waals surface area (Å²) in [5.41, 5.74) is 9.52. The molecule has 0 radical (unpaired) electrons. The molecule has 0 bridgehead atoms. The van der Waals surface area contributed by atoms with E-state index in [2.05, 4.69) is 37.2 Å². The van der Waals surface area contributed by atoms with Gasteiger partial charge in [0.25, 0.3) is 0 Å². The number of rotatable bonds is 3. The van der Waals surface area contributed by atoms with Crippen LogP contribution in [-0.2, 0) is 0 Å². The number of anilines is 2. The molecule has 1 aliphatic heterocycles. The molecule has 0 spiro atoms. The maximum atomic E-state index is 5.84. The molecule has 3 nitrogen and oxygen atoms in total. The number of nitrogens with zero attached hydrogens (tertiary/aromatic N) is 1. The lowest BCUT2D eigenvalue weighted by Crippen LogP contribution is -2.40. The van der Waals surface area contributed by atoms with Gasteiger partial charge in [-0.15, -0.1) is 0 Å². The van der Waals surface area contributed by atoms with Crippen LogP contribution in [0.2, 0.25) is 0 Å². The van der Waals surface area contributed by atoms with Gasteiger partial charge >= 0.3 is 0 Å². The fourth-order valence-corrected chi connectivity index (χ4v) is 2.47. The van der Waals surface area contributed by atoms with Crippen molar-refractivity contribution in [2.45, 2.75) is 26.7 Å². The molecular formula is C15H25N3. The largest absolute Gasteiger partial charge is 0.399 e. The maximum absolute atomic E-state index is 5.84. The van der Waals surface area contributed by atoms with Gasteiger partial charge in [-0.2, -0.15) is 0 Å². The van der Waals surface area contributed by atoms with Gasteiger partial charge in [0.15, 0.2) is 0 Å². The van der Waals surface area contributed by atoms with E-state index in [4.69, 9.17) is 5.73 Å². The monoisotopic (exact) mass is 247 g/mol. The Morgan fingerprint density at radius 3 is 2.67 bits per heavy atom. The van der Waals surface area contributed by atoms with Crippen LogP contribution in [0.25, 0.3) is 0 Å². The highest BCUT2D eigenvalue weighted by Gasteiger charge is 2.28. The van der Waals surface area contributed by atoms with Crippen LogP contribution in [-0.4, -0.2) is 31.6 Å². The molecule has 1 fully saturated rings. The first-order valence-electron chi connectivity index (χ1n) is 6.77. The highest BCUT2D eigenvalue weighted by Crippen LogP contribution is 2.31. The highest BCUT2D eigenvalue weighted by atomic mass is 15.1. The SMILES string of the molecule is Cc1ccc(N)cc1NCC1(C)CCN(C)CC1. The second kappa shape index (κ2) is 5.19. The van der Waals surface area contributed by atoms with Gasteiger partial charge in [-0.05, 0) is 63.0 Å². The van der Waals surface area contributed by atoms with Crippen molar-refractivity contribution in [1.29, 1.82) is 0 Å². The summed E-state index contributed by atoms with van der Waals surface area (Å²) in [7, 11) is 2.20. The van der Waals surface area contributed by atoms with Crippen LogP contribution >= 0.6 is 0 Å². The van der Waals surface area contributed by atoms with Crippen LogP contribution < -0.4 is 11.1 Å². The molecule has 1 aromatic rings. The van der Waals surface area contributed by atoms with Gasteiger partial charge < -0.3 is 16.0 Å². The molecule has 1 aromatic carbocycles. The van der Waals surface area contributed by atoms with Crippen molar-refractivity contribution in [1.82, 2.24) is 4.90 Å². The Morgan fingerprint density at radius 2 is 2.00 bits per heavy atom. The topological polar surface area (TPSA) is 41.3 Å². The lowest BCUT2D eigenvalue weighted by Gasteiger charge is -2.38. The van der Waals surface area contributed by atoms with E-state index in [0.29, 0.717) is 5.41 Å². The van der Waals surface area contributed by atoms with Gasteiger partial charge in [0.1, 0.15) is 0 Å². The minimum atomic E-state index is 0.406. The van der Waals surface area contributed by atoms with Crippen molar-refractivity contribution < 1.29 is 0 Å². The Hall–Kier alpha value is -1.22. The summed E-state index contributed by atoms with van der Waals surface area (Å²) in [6.45, 7) is 7.95. The second-order valence-corrected chi connectivity index (χ2v) is 6.04. The minimum absolute atomic E-state index is 0.406. The van der Waals surface area contributed by atoms with Crippen LogP contribution in [0.1, 0.15) is 25.3 Å². The third kappa shape index (κ3) is 3.16. The van der Waals surface area contributed by atoms with Crippen molar-refractivity contribution in [3.63, 3.8) is 0 Å². The molecule has 0 unspecified atom stereocenters. The number of hydrogen-bond donors (Lipinski definition) is 2. The Balaban J connectivity index is 1.96. The first-order chi connectivity index (χ1) is 8.48. The summed E-state index contributed by atoms with van der Waals surface area (Å²) in [6.07, 6.45) is 2.52. The summed E-state index contributed by atoms with van der Waals surface area (Å²) < 4.78 is 0. The van der Waals surface area contributed by atoms with Crippen LogP contribution in [0.5, 0.6) is 0 Å². The van der Waals surface area contributed by atoms with Crippen LogP contribution in [0.4, 0.5) is 11.4 Å².